The van der Waals surface area contributed by atoms with Gasteiger partial charge < -0.3 is 15.2 Å². The normalized spacial score (nSPS) is 13.7. The van der Waals surface area contributed by atoms with E-state index in [1.54, 1.807) is 11.8 Å². The fraction of sp³-hybridized carbons (Fsp3) is 0.870. The van der Waals surface area contributed by atoms with Crippen molar-refractivity contribution >= 4 is 29.6 Å². The number of nitrogens with one attached hydrogen (secondary N) is 1. The van der Waals surface area contributed by atoms with Gasteiger partial charge >= 0.3 is 11.9 Å². The maximum absolute atomic E-state index is 12.3. The predicted molar refractivity (Wildman–Crippen MR) is 124 cm³/mol. The van der Waals surface area contributed by atoms with Crippen LogP contribution < -0.4 is 5.32 Å². The molecule has 0 heterocycles. The molecule has 0 aromatic heterocycles. The van der Waals surface area contributed by atoms with Crippen LogP contribution in [0.1, 0.15) is 99.3 Å². The van der Waals surface area contributed by atoms with Gasteiger partial charge in [-0.1, -0.05) is 52.9 Å². The first-order valence-electron chi connectivity index (χ1n) is 11.3. The molecule has 0 saturated carbocycles. The number of thioether (sulfide) groups is 1. The topological polar surface area (TPSA) is 92.7 Å². The van der Waals surface area contributed by atoms with Crippen molar-refractivity contribution in [2.75, 3.05) is 5.75 Å². The lowest BCUT2D eigenvalue weighted by Crippen LogP contribution is -2.47. The van der Waals surface area contributed by atoms with E-state index < -0.39 is 17.6 Å². The van der Waals surface area contributed by atoms with Crippen LogP contribution in [0.4, 0.5) is 0 Å². The first-order chi connectivity index (χ1) is 14.0. The van der Waals surface area contributed by atoms with E-state index in [-0.39, 0.29) is 23.0 Å². The van der Waals surface area contributed by atoms with Crippen LogP contribution in [0.25, 0.3) is 0 Å². The number of carbonyl (C=O) groups is 3. The molecular weight excluding hydrogens is 402 g/mol. The molecule has 0 aromatic carbocycles. The van der Waals surface area contributed by atoms with E-state index in [1.807, 2.05) is 34.6 Å². The minimum Gasteiger partial charge on any atom is -0.480 e. The number of carboxylic acids is 1. The van der Waals surface area contributed by atoms with Crippen molar-refractivity contribution in [1.82, 2.24) is 5.32 Å². The molecule has 0 spiro atoms. The molecule has 0 fully saturated rings. The third-order valence-electron chi connectivity index (χ3n) is 4.61. The molecule has 6 nitrogen and oxygen atoms in total. The van der Waals surface area contributed by atoms with Crippen LogP contribution in [0, 0.1) is 5.92 Å². The number of carboxylic acid groups (broad SMARTS) is 1. The molecule has 176 valence electrons. The van der Waals surface area contributed by atoms with Crippen LogP contribution in [0.5, 0.6) is 0 Å². The number of hydrogen-bond acceptors (Lipinski definition) is 5. The van der Waals surface area contributed by atoms with E-state index in [9.17, 15) is 19.5 Å². The Bertz CT molecular complexity index is 516. The molecule has 0 bridgehead atoms. The van der Waals surface area contributed by atoms with Crippen LogP contribution in [-0.2, 0) is 19.1 Å². The molecule has 0 aliphatic heterocycles. The highest BCUT2D eigenvalue weighted by Crippen LogP contribution is 2.20. The van der Waals surface area contributed by atoms with E-state index in [1.165, 1.54) is 0 Å². The smallest absolute Gasteiger partial charge is 0.329 e. The molecule has 0 aliphatic rings. The van der Waals surface area contributed by atoms with Gasteiger partial charge in [0.1, 0.15) is 16.9 Å². The summed E-state index contributed by atoms with van der Waals surface area (Å²) in [6, 6.07) is -0.622. The summed E-state index contributed by atoms with van der Waals surface area (Å²) in [7, 11) is 0. The number of rotatable bonds is 16. The number of unbranched alkanes of at least 4 members (excludes halogenated alkanes) is 5. The summed E-state index contributed by atoms with van der Waals surface area (Å²) < 4.78 is 5.40. The summed E-state index contributed by atoms with van der Waals surface area (Å²) >= 11 is 1.55. The minimum atomic E-state index is -0.703. The summed E-state index contributed by atoms with van der Waals surface area (Å²) in [5.74, 6) is -0.372. The number of hydrogen-bond donors (Lipinski definition) is 2. The lowest BCUT2D eigenvalue weighted by Gasteiger charge is -2.26. The van der Waals surface area contributed by atoms with Gasteiger partial charge in [-0.3, -0.25) is 9.59 Å². The quantitative estimate of drug-likeness (QED) is 0.251. The van der Waals surface area contributed by atoms with E-state index >= 15 is 0 Å². The van der Waals surface area contributed by atoms with Crippen molar-refractivity contribution in [2.24, 2.45) is 5.92 Å². The van der Waals surface area contributed by atoms with Crippen LogP contribution in [-0.4, -0.2) is 45.6 Å². The highest BCUT2D eigenvalue weighted by molar-refractivity contribution is 8.00. The van der Waals surface area contributed by atoms with E-state index in [0.29, 0.717) is 6.42 Å². The Morgan fingerprint density at radius 2 is 1.60 bits per heavy atom. The van der Waals surface area contributed by atoms with E-state index in [4.69, 9.17) is 4.74 Å². The van der Waals surface area contributed by atoms with Gasteiger partial charge in [0.25, 0.3) is 0 Å². The maximum atomic E-state index is 12.3. The average molecular weight is 446 g/mol. The fourth-order valence-corrected chi connectivity index (χ4v) is 4.05. The lowest BCUT2D eigenvalue weighted by atomic mass is 10.0. The zero-order valence-corrected chi connectivity index (χ0v) is 20.6. The summed E-state index contributed by atoms with van der Waals surface area (Å²) in [5, 5.41) is 11.8. The number of amides is 1. The zero-order chi connectivity index (χ0) is 23.2. The van der Waals surface area contributed by atoms with Crippen LogP contribution in [0.2, 0.25) is 0 Å². The Morgan fingerprint density at radius 3 is 2.13 bits per heavy atom. The van der Waals surface area contributed by atoms with Gasteiger partial charge in [0, 0.05) is 6.42 Å². The van der Waals surface area contributed by atoms with Gasteiger partial charge in [-0.15, -0.1) is 11.8 Å². The highest BCUT2D eigenvalue weighted by atomic mass is 32.2. The summed E-state index contributed by atoms with van der Waals surface area (Å²) in [6.45, 7) is 11.3. The molecule has 30 heavy (non-hydrogen) atoms. The van der Waals surface area contributed by atoms with Gasteiger partial charge in [-0.25, -0.2) is 4.79 Å². The third-order valence-corrected chi connectivity index (χ3v) is 5.97. The van der Waals surface area contributed by atoms with Gasteiger partial charge in [-0.2, -0.15) is 0 Å². The van der Waals surface area contributed by atoms with Crippen LogP contribution in [0.3, 0.4) is 0 Å². The Morgan fingerprint density at radius 1 is 1.00 bits per heavy atom. The number of aliphatic carboxylic acids is 1. The second-order valence-corrected chi connectivity index (χ2v) is 10.5. The summed E-state index contributed by atoms with van der Waals surface area (Å²) in [5.41, 5.74) is -0.576. The third kappa shape index (κ3) is 14.7. The maximum Gasteiger partial charge on any atom is 0.329 e. The standard InChI is InChI=1S/C23H43NO5S/c1-7-8-14-18(21(26)27)30-16-13-11-9-10-12-15-19(25)24-20(17(2)3)22(28)29-23(4,5)6/h17-18,20H,7-16H2,1-6H3,(H,24,25)(H,26,27). The average Bonchev–Trinajstić information content (AvgIpc) is 2.62. The van der Waals surface area contributed by atoms with Crippen molar-refractivity contribution in [2.45, 2.75) is 116 Å². The number of esters is 1. The van der Waals surface area contributed by atoms with E-state index in [0.717, 1.165) is 57.1 Å². The molecule has 1 amide bonds. The van der Waals surface area contributed by atoms with Gasteiger partial charge in [0.15, 0.2) is 0 Å². The SMILES string of the molecule is CCCCC(SCCCCCCCC(=O)NC(C(=O)OC(C)(C)C)C(C)C)C(=O)O. The van der Waals surface area contributed by atoms with Crippen LogP contribution in [0.15, 0.2) is 0 Å². The Hall–Kier alpha value is -1.24. The minimum absolute atomic E-state index is 0.0340. The molecule has 0 aliphatic carbocycles. The molecule has 2 atom stereocenters. The molecule has 0 aromatic rings. The summed E-state index contributed by atoms with van der Waals surface area (Å²) in [4.78, 5) is 35.7. The lowest BCUT2D eigenvalue weighted by molar-refractivity contribution is -0.160. The van der Waals surface area contributed by atoms with Gasteiger partial charge in [0.05, 0.1) is 0 Å². The number of carbonyl (C=O) groups excluding carboxylic acids is 2. The highest BCUT2D eigenvalue weighted by Gasteiger charge is 2.28. The number of ether oxygens (including phenoxy) is 1. The first kappa shape index (κ1) is 28.8. The predicted octanol–water partition coefficient (Wildman–Crippen LogP) is 5.19. The van der Waals surface area contributed by atoms with Crippen molar-refractivity contribution in [3.63, 3.8) is 0 Å². The Balaban J connectivity index is 4.00. The van der Waals surface area contributed by atoms with Crippen molar-refractivity contribution < 1.29 is 24.2 Å². The molecule has 2 N–H and O–H groups in total. The van der Waals surface area contributed by atoms with Crippen molar-refractivity contribution in [3.8, 4) is 0 Å². The molecule has 0 radical (unpaired) electrons. The zero-order valence-electron chi connectivity index (χ0n) is 19.8. The van der Waals surface area contributed by atoms with Crippen molar-refractivity contribution in [3.05, 3.63) is 0 Å². The molecule has 2 unspecified atom stereocenters. The van der Waals surface area contributed by atoms with Gasteiger partial charge in [-0.05, 0) is 51.7 Å². The second kappa shape index (κ2) is 15.5. The van der Waals surface area contributed by atoms with Crippen LogP contribution >= 0.6 is 11.8 Å². The molecule has 7 heteroatoms. The monoisotopic (exact) mass is 445 g/mol. The van der Waals surface area contributed by atoms with E-state index in [2.05, 4.69) is 12.2 Å². The second-order valence-electron chi connectivity index (χ2n) is 9.18. The fourth-order valence-electron chi connectivity index (χ4n) is 2.92. The molecule has 0 rings (SSSR count). The molecule has 0 saturated heterocycles. The summed E-state index contributed by atoms with van der Waals surface area (Å²) in [6.07, 6.45) is 7.93. The van der Waals surface area contributed by atoms with Crippen molar-refractivity contribution in [1.29, 1.82) is 0 Å². The Kier molecular flexibility index (Phi) is 14.9. The Labute approximate surface area is 187 Å². The molecular formula is C23H43NO5S. The first-order valence-corrected chi connectivity index (χ1v) is 12.4. The largest absolute Gasteiger partial charge is 0.480 e. The van der Waals surface area contributed by atoms with Gasteiger partial charge in [0.2, 0.25) is 5.91 Å².